The summed E-state index contributed by atoms with van der Waals surface area (Å²) in [4.78, 5) is 28.9. The molecule has 3 N–H and O–H groups in total. The molecule has 1 aromatic heterocycles. The Bertz CT molecular complexity index is 1820. The van der Waals surface area contributed by atoms with Gasteiger partial charge in [0.1, 0.15) is 0 Å². The minimum absolute atomic E-state index is 0.0327. The molecule has 9 heteroatoms. The molecule has 0 bridgehead atoms. The third-order valence-electron chi connectivity index (χ3n) is 7.98. The summed E-state index contributed by atoms with van der Waals surface area (Å²) in [5.74, 6) is -0.580. The van der Waals surface area contributed by atoms with Crippen LogP contribution >= 0.6 is 11.8 Å². The van der Waals surface area contributed by atoms with Crippen LogP contribution in [0, 0.1) is 0 Å². The molecule has 4 aromatic carbocycles. The van der Waals surface area contributed by atoms with E-state index in [4.69, 9.17) is 9.47 Å². The number of aromatic carboxylic acids is 1. The van der Waals surface area contributed by atoms with Crippen LogP contribution in [0.15, 0.2) is 126 Å². The minimum atomic E-state index is -0.958. The number of aliphatic hydroxyl groups is 1. The number of carbonyl (C=O) groups excluding carboxylic acids is 1. The van der Waals surface area contributed by atoms with Gasteiger partial charge in [-0.05, 0) is 58.1 Å². The highest BCUT2D eigenvalue weighted by molar-refractivity contribution is 7.99. The number of nitrogens with one attached hydrogen (secondary N) is 1. The monoisotopic (exact) mass is 646 g/mol. The van der Waals surface area contributed by atoms with Gasteiger partial charge in [0.25, 0.3) is 5.91 Å². The van der Waals surface area contributed by atoms with Crippen molar-refractivity contribution in [2.45, 2.75) is 43.0 Å². The van der Waals surface area contributed by atoms with Gasteiger partial charge in [-0.15, -0.1) is 11.8 Å². The first-order valence-corrected chi connectivity index (χ1v) is 16.3. The summed E-state index contributed by atoms with van der Waals surface area (Å²) in [5.41, 5.74) is 6.47. The summed E-state index contributed by atoms with van der Waals surface area (Å²) in [6.07, 6.45) is 2.69. The summed E-state index contributed by atoms with van der Waals surface area (Å²) in [6, 6.07) is 34.3. The number of carbonyl (C=O) groups is 2. The smallest absolute Gasteiger partial charge is 0.336 e. The van der Waals surface area contributed by atoms with Crippen molar-refractivity contribution in [3.8, 4) is 11.1 Å². The maximum Gasteiger partial charge on any atom is 0.336 e. The lowest BCUT2D eigenvalue weighted by molar-refractivity contribution is -0.245. The van der Waals surface area contributed by atoms with Gasteiger partial charge in [0.2, 0.25) is 0 Å². The summed E-state index contributed by atoms with van der Waals surface area (Å²) in [7, 11) is 0. The Kier molecular flexibility index (Phi) is 10.4. The van der Waals surface area contributed by atoms with E-state index in [9.17, 15) is 19.8 Å². The number of carboxylic acid groups (broad SMARTS) is 1. The van der Waals surface area contributed by atoms with Crippen molar-refractivity contribution in [3.63, 3.8) is 0 Å². The van der Waals surface area contributed by atoms with Crippen LogP contribution in [0.3, 0.4) is 0 Å². The molecular weight excluding hydrogens is 612 g/mol. The Morgan fingerprint density at radius 3 is 2.36 bits per heavy atom. The number of rotatable bonds is 11. The molecule has 0 aliphatic carbocycles. The van der Waals surface area contributed by atoms with Crippen molar-refractivity contribution in [1.29, 1.82) is 0 Å². The summed E-state index contributed by atoms with van der Waals surface area (Å²) >= 11 is 1.46. The number of hydrogen-bond acceptors (Lipinski definition) is 7. The normalized spacial score (nSPS) is 17.6. The van der Waals surface area contributed by atoms with Gasteiger partial charge in [-0.1, -0.05) is 78.9 Å². The van der Waals surface area contributed by atoms with Crippen molar-refractivity contribution in [2.24, 2.45) is 0 Å². The van der Waals surface area contributed by atoms with E-state index in [0.717, 1.165) is 33.4 Å². The maximum atomic E-state index is 12.5. The van der Waals surface area contributed by atoms with E-state index in [1.165, 1.54) is 11.8 Å². The second-order valence-corrected chi connectivity index (χ2v) is 12.3. The van der Waals surface area contributed by atoms with Crippen LogP contribution in [0.5, 0.6) is 0 Å². The van der Waals surface area contributed by atoms with Crippen molar-refractivity contribution in [2.75, 3.05) is 5.75 Å². The van der Waals surface area contributed by atoms with E-state index in [-0.39, 0.29) is 30.3 Å². The molecule has 0 radical (unpaired) electrons. The molecule has 1 amide bonds. The second kappa shape index (κ2) is 15.2. The van der Waals surface area contributed by atoms with Crippen LogP contribution in [0.1, 0.15) is 61.8 Å². The molecule has 238 valence electrons. The van der Waals surface area contributed by atoms with E-state index in [1.54, 1.807) is 36.7 Å². The number of thioether (sulfide) groups is 1. The van der Waals surface area contributed by atoms with Crippen LogP contribution in [0.4, 0.5) is 0 Å². The summed E-state index contributed by atoms with van der Waals surface area (Å²) in [6.45, 7) is 0.357. The molecule has 0 saturated carbocycles. The molecule has 1 aliphatic rings. The molecule has 0 unspecified atom stereocenters. The molecule has 1 aliphatic heterocycles. The van der Waals surface area contributed by atoms with Gasteiger partial charge in [-0.2, -0.15) is 0 Å². The predicted octanol–water partition coefficient (Wildman–Crippen LogP) is 7.21. The van der Waals surface area contributed by atoms with Gasteiger partial charge in [-0.3, -0.25) is 9.78 Å². The van der Waals surface area contributed by atoms with E-state index in [1.807, 2.05) is 78.9 Å². The number of hydrogen-bond donors (Lipinski definition) is 3. The van der Waals surface area contributed by atoms with Gasteiger partial charge in [0.05, 0.1) is 29.9 Å². The van der Waals surface area contributed by atoms with Crippen molar-refractivity contribution in [3.05, 3.63) is 155 Å². The van der Waals surface area contributed by atoms with E-state index in [0.29, 0.717) is 29.2 Å². The fourth-order valence-corrected chi connectivity index (χ4v) is 6.52. The van der Waals surface area contributed by atoms with E-state index >= 15 is 0 Å². The van der Waals surface area contributed by atoms with Crippen molar-refractivity contribution in [1.82, 2.24) is 10.3 Å². The number of aromatic nitrogens is 1. The molecule has 3 atom stereocenters. The predicted molar refractivity (Wildman–Crippen MR) is 180 cm³/mol. The lowest BCUT2D eigenvalue weighted by Gasteiger charge is -2.36. The van der Waals surface area contributed by atoms with E-state index in [2.05, 4.69) is 16.4 Å². The zero-order chi connectivity index (χ0) is 32.6. The zero-order valence-corrected chi connectivity index (χ0v) is 26.3. The number of ether oxygens (including phenoxy) is 2. The third kappa shape index (κ3) is 8.14. The first kappa shape index (κ1) is 32.2. The Morgan fingerprint density at radius 2 is 1.62 bits per heavy atom. The highest BCUT2D eigenvalue weighted by Gasteiger charge is 2.32. The number of aliphatic hydroxyl groups excluding tert-OH is 1. The Labute approximate surface area is 277 Å². The largest absolute Gasteiger partial charge is 0.478 e. The quantitative estimate of drug-likeness (QED) is 0.129. The van der Waals surface area contributed by atoms with Gasteiger partial charge < -0.3 is 25.0 Å². The molecule has 8 nitrogen and oxygen atoms in total. The van der Waals surface area contributed by atoms with Crippen LogP contribution in [0.2, 0.25) is 0 Å². The molecule has 0 spiro atoms. The number of amides is 1. The van der Waals surface area contributed by atoms with Crippen LogP contribution in [-0.4, -0.2) is 38.9 Å². The van der Waals surface area contributed by atoms with Crippen LogP contribution < -0.4 is 5.32 Å². The second-order valence-electron chi connectivity index (χ2n) is 11.2. The summed E-state index contributed by atoms with van der Waals surface area (Å²) in [5, 5.41) is 22.1. The molecule has 6 rings (SSSR count). The Morgan fingerprint density at radius 1 is 0.830 bits per heavy atom. The topological polar surface area (TPSA) is 118 Å². The van der Waals surface area contributed by atoms with E-state index < -0.39 is 12.3 Å². The lowest BCUT2D eigenvalue weighted by atomic mass is 9.99. The lowest BCUT2D eigenvalue weighted by Crippen LogP contribution is -2.31. The molecular formula is C38H34N2O6S. The average Bonchev–Trinajstić information content (AvgIpc) is 3.13. The number of carboxylic acids is 1. The standard InChI is InChI=1S/C38H34N2O6S/c41-23-25-10-12-28(13-11-25)34-20-32(24-47-35-9-2-1-8-33(35)37(43)44)45-38(46-34)29-16-14-27(15-17-29)30-6-3-5-26(19-30)21-40-36(42)31-7-4-18-39-22-31/h1-19,22,32,34,38,41H,20-21,23-24H2,(H,40,42)(H,43,44)/t32-,34+,38+/m1/s1. The molecule has 2 heterocycles. The number of pyridine rings is 1. The first-order valence-electron chi connectivity index (χ1n) is 15.3. The zero-order valence-electron chi connectivity index (χ0n) is 25.5. The first-order chi connectivity index (χ1) is 23.0. The SMILES string of the molecule is O=C(NCc1cccc(-c2ccc([C@H]3O[C@@H](CSc4ccccc4C(=O)O)C[C@@H](c4ccc(CO)cc4)O3)cc2)c1)c1cccnc1. The highest BCUT2D eigenvalue weighted by Crippen LogP contribution is 2.40. The fraction of sp³-hybridized carbons (Fsp3) is 0.184. The van der Waals surface area contributed by atoms with Crippen LogP contribution in [0.25, 0.3) is 11.1 Å². The van der Waals surface area contributed by atoms with Crippen molar-refractivity contribution < 1.29 is 29.3 Å². The maximum absolute atomic E-state index is 12.5. The molecule has 1 saturated heterocycles. The van der Waals surface area contributed by atoms with Crippen molar-refractivity contribution >= 4 is 23.6 Å². The molecule has 1 fully saturated rings. The Balaban J connectivity index is 1.17. The average molecular weight is 647 g/mol. The highest BCUT2D eigenvalue weighted by atomic mass is 32.2. The molecule has 5 aromatic rings. The number of nitrogens with zero attached hydrogens (tertiary/aromatic N) is 1. The van der Waals surface area contributed by atoms with Gasteiger partial charge >= 0.3 is 5.97 Å². The Hall–Kier alpha value is -4.80. The van der Waals surface area contributed by atoms with Gasteiger partial charge in [-0.25, -0.2) is 4.79 Å². The molecule has 47 heavy (non-hydrogen) atoms. The van der Waals surface area contributed by atoms with Crippen LogP contribution in [-0.2, 0) is 22.6 Å². The minimum Gasteiger partial charge on any atom is -0.478 e. The fourth-order valence-electron chi connectivity index (χ4n) is 5.45. The number of benzene rings is 4. The van der Waals surface area contributed by atoms with Gasteiger partial charge in [0, 0.05) is 41.6 Å². The summed E-state index contributed by atoms with van der Waals surface area (Å²) < 4.78 is 13.0. The third-order valence-corrected chi connectivity index (χ3v) is 9.18. The van der Waals surface area contributed by atoms with Gasteiger partial charge in [0.15, 0.2) is 6.29 Å².